The highest BCUT2D eigenvalue weighted by molar-refractivity contribution is 5.70. The van der Waals surface area contributed by atoms with Crippen LogP contribution in [-0.2, 0) is 27.4 Å². The van der Waals surface area contributed by atoms with E-state index >= 15 is 0 Å². The van der Waals surface area contributed by atoms with Crippen LogP contribution in [-0.4, -0.2) is 53.6 Å². The van der Waals surface area contributed by atoms with Gasteiger partial charge >= 0.3 is 6.09 Å². The summed E-state index contributed by atoms with van der Waals surface area (Å²) in [5.41, 5.74) is 6.59. The standard InChI is InChI=1S/C39H44N2O6/c1-4-22-45-39(44)40-24-33-12-8-9-13-35(33)29-18-20-32(21-19-29)38-46-34(23-36(47-38)30-16-14-28(26-42)15-17-30)25-41(3)27(2)37(43)31-10-6-5-7-11-31/h4-21,27,34,36-38,42-43H,1,22-26H2,2-3H3,(H,40,44)/t27-,34+,36-,37-,38-/m0/s1. The Hall–Kier alpha value is -4.31. The minimum atomic E-state index is -0.637. The van der Waals surface area contributed by atoms with Crippen LogP contribution in [0.3, 0.4) is 0 Å². The lowest BCUT2D eigenvalue weighted by molar-refractivity contribution is -0.253. The van der Waals surface area contributed by atoms with Crippen LogP contribution in [0.4, 0.5) is 4.79 Å². The fourth-order valence-electron chi connectivity index (χ4n) is 5.82. The quantitative estimate of drug-likeness (QED) is 0.138. The van der Waals surface area contributed by atoms with Crippen LogP contribution in [0.1, 0.15) is 59.7 Å². The minimum Gasteiger partial charge on any atom is -0.445 e. The lowest BCUT2D eigenvalue weighted by Crippen LogP contribution is -2.43. The maximum Gasteiger partial charge on any atom is 0.407 e. The highest BCUT2D eigenvalue weighted by Gasteiger charge is 2.34. The van der Waals surface area contributed by atoms with Gasteiger partial charge in [0, 0.05) is 31.1 Å². The van der Waals surface area contributed by atoms with E-state index in [-0.39, 0.29) is 31.5 Å². The van der Waals surface area contributed by atoms with E-state index < -0.39 is 18.5 Å². The molecular weight excluding hydrogens is 592 g/mol. The second kappa shape index (κ2) is 16.5. The summed E-state index contributed by atoms with van der Waals surface area (Å²) in [6.45, 7) is 6.66. The van der Waals surface area contributed by atoms with E-state index in [1.165, 1.54) is 6.08 Å². The molecule has 5 rings (SSSR count). The molecule has 8 heteroatoms. The van der Waals surface area contributed by atoms with Crippen molar-refractivity contribution in [2.75, 3.05) is 20.2 Å². The summed E-state index contributed by atoms with van der Waals surface area (Å²) in [4.78, 5) is 14.1. The Kier molecular flexibility index (Phi) is 11.9. The number of rotatable bonds is 13. The van der Waals surface area contributed by atoms with Gasteiger partial charge < -0.3 is 29.7 Å². The number of likely N-dealkylation sites (N-methyl/N-ethyl adjacent to an activating group) is 1. The molecule has 1 aliphatic heterocycles. The number of amides is 1. The third-order valence-electron chi connectivity index (χ3n) is 8.67. The summed E-state index contributed by atoms with van der Waals surface area (Å²) < 4.78 is 18.2. The monoisotopic (exact) mass is 636 g/mol. The van der Waals surface area contributed by atoms with Gasteiger partial charge in [0.2, 0.25) is 0 Å². The molecule has 1 fully saturated rings. The molecular formula is C39H44N2O6. The Bertz CT molecular complexity index is 1580. The Morgan fingerprint density at radius 2 is 1.66 bits per heavy atom. The third kappa shape index (κ3) is 8.94. The van der Waals surface area contributed by atoms with Crippen molar-refractivity contribution in [3.8, 4) is 11.1 Å². The first-order valence-corrected chi connectivity index (χ1v) is 16.0. The van der Waals surface area contributed by atoms with Crippen LogP contribution in [0.25, 0.3) is 11.1 Å². The number of hydrogen-bond acceptors (Lipinski definition) is 7. The van der Waals surface area contributed by atoms with Crippen molar-refractivity contribution in [1.29, 1.82) is 0 Å². The summed E-state index contributed by atoms with van der Waals surface area (Å²) in [6.07, 6.45) is 0.0429. The van der Waals surface area contributed by atoms with Crippen LogP contribution in [0.2, 0.25) is 0 Å². The fourth-order valence-corrected chi connectivity index (χ4v) is 5.82. The van der Waals surface area contributed by atoms with Crippen LogP contribution in [0, 0.1) is 0 Å². The van der Waals surface area contributed by atoms with Gasteiger partial charge in [-0.1, -0.05) is 116 Å². The molecule has 4 aromatic carbocycles. The summed E-state index contributed by atoms with van der Waals surface area (Å²) in [7, 11) is 2.01. The van der Waals surface area contributed by atoms with E-state index in [0.717, 1.165) is 38.9 Å². The molecule has 3 N–H and O–H groups in total. The molecule has 4 aromatic rings. The number of hydrogen-bond donors (Lipinski definition) is 3. The van der Waals surface area contributed by atoms with E-state index in [2.05, 4.69) is 16.8 Å². The summed E-state index contributed by atoms with van der Waals surface area (Å²) in [5, 5.41) is 23.4. The molecule has 0 aliphatic carbocycles. The number of alkyl carbamates (subject to hydrolysis) is 1. The number of aliphatic hydroxyl groups excluding tert-OH is 2. The lowest BCUT2D eigenvalue weighted by atomic mass is 9.97. The molecule has 0 saturated carbocycles. The van der Waals surface area contributed by atoms with Crippen molar-refractivity contribution in [2.45, 2.75) is 57.1 Å². The molecule has 0 radical (unpaired) electrons. The molecule has 0 unspecified atom stereocenters. The molecule has 5 atom stereocenters. The maximum atomic E-state index is 12.0. The third-order valence-corrected chi connectivity index (χ3v) is 8.67. The van der Waals surface area contributed by atoms with E-state index in [9.17, 15) is 15.0 Å². The van der Waals surface area contributed by atoms with E-state index in [1.807, 2.05) is 117 Å². The van der Waals surface area contributed by atoms with Crippen LogP contribution >= 0.6 is 0 Å². The van der Waals surface area contributed by atoms with Crippen LogP contribution in [0.5, 0.6) is 0 Å². The first kappa shape index (κ1) is 34.0. The average Bonchev–Trinajstić information content (AvgIpc) is 3.13. The van der Waals surface area contributed by atoms with Gasteiger partial charge in [0.05, 0.1) is 24.9 Å². The van der Waals surface area contributed by atoms with E-state index in [1.54, 1.807) is 0 Å². The number of carbonyl (C=O) groups is 1. The zero-order chi connectivity index (χ0) is 33.2. The minimum absolute atomic E-state index is 0.0163. The summed E-state index contributed by atoms with van der Waals surface area (Å²) in [6, 6.07) is 33.4. The number of benzene rings is 4. The highest BCUT2D eigenvalue weighted by Crippen LogP contribution is 2.39. The zero-order valence-corrected chi connectivity index (χ0v) is 27.0. The van der Waals surface area contributed by atoms with E-state index in [4.69, 9.17) is 14.2 Å². The molecule has 1 aliphatic rings. The predicted octanol–water partition coefficient (Wildman–Crippen LogP) is 6.86. The SMILES string of the molecule is C=CCOC(=O)NCc1ccccc1-c1ccc([C@H]2O[C@@H](CN(C)[C@@H](C)[C@H](O)c3ccccc3)C[C@@H](c3ccc(CO)cc3)O2)cc1. The van der Waals surface area contributed by atoms with Gasteiger partial charge in [-0.2, -0.15) is 0 Å². The smallest absolute Gasteiger partial charge is 0.407 e. The molecule has 0 bridgehead atoms. The van der Waals surface area contributed by atoms with Crippen molar-refractivity contribution < 1.29 is 29.2 Å². The Morgan fingerprint density at radius 3 is 2.36 bits per heavy atom. The Labute approximate surface area is 277 Å². The normalized spacial score (nSPS) is 19.1. The molecule has 0 aromatic heterocycles. The van der Waals surface area contributed by atoms with Crippen molar-refractivity contribution in [3.05, 3.63) is 144 Å². The maximum absolute atomic E-state index is 12.0. The average molecular weight is 637 g/mol. The molecule has 246 valence electrons. The van der Waals surface area contributed by atoms with Crippen LogP contribution < -0.4 is 5.32 Å². The van der Waals surface area contributed by atoms with E-state index in [0.29, 0.717) is 19.5 Å². The number of nitrogens with zero attached hydrogens (tertiary/aromatic N) is 1. The van der Waals surface area contributed by atoms with Crippen molar-refractivity contribution >= 4 is 6.09 Å². The molecule has 47 heavy (non-hydrogen) atoms. The van der Waals surface area contributed by atoms with Gasteiger partial charge in [-0.15, -0.1) is 0 Å². The first-order chi connectivity index (χ1) is 22.9. The Morgan fingerprint density at radius 1 is 0.979 bits per heavy atom. The summed E-state index contributed by atoms with van der Waals surface area (Å²) in [5.74, 6) is 0. The summed E-state index contributed by atoms with van der Waals surface area (Å²) >= 11 is 0. The fraction of sp³-hybridized carbons (Fsp3) is 0.308. The molecule has 8 nitrogen and oxygen atoms in total. The van der Waals surface area contributed by atoms with Gasteiger partial charge in [-0.25, -0.2) is 4.79 Å². The number of ether oxygens (including phenoxy) is 3. The Balaban J connectivity index is 1.33. The zero-order valence-electron chi connectivity index (χ0n) is 27.0. The second-order valence-electron chi connectivity index (χ2n) is 11.9. The second-order valence-corrected chi connectivity index (χ2v) is 11.9. The van der Waals surface area contributed by atoms with Gasteiger partial charge in [0.1, 0.15) is 6.61 Å². The molecule has 0 spiro atoms. The van der Waals surface area contributed by atoms with Crippen LogP contribution in [0.15, 0.2) is 116 Å². The number of nitrogens with one attached hydrogen (secondary N) is 1. The topological polar surface area (TPSA) is 100 Å². The first-order valence-electron chi connectivity index (χ1n) is 16.0. The molecule has 1 amide bonds. The van der Waals surface area contributed by atoms with Crippen molar-refractivity contribution in [1.82, 2.24) is 10.2 Å². The van der Waals surface area contributed by atoms with Gasteiger partial charge in [-0.3, -0.25) is 4.90 Å². The highest BCUT2D eigenvalue weighted by atomic mass is 16.7. The largest absolute Gasteiger partial charge is 0.445 e. The molecule has 1 saturated heterocycles. The predicted molar refractivity (Wildman–Crippen MR) is 182 cm³/mol. The lowest BCUT2D eigenvalue weighted by Gasteiger charge is -2.39. The van der Waals surface area contributed by atoms with Crippen molar-refractivity contribution in [3.63, 3.8) is 0 Å². The van der Waals surface area contributed by atoms with Gasteiger partial charge in [-0.05, 0) is 47.4 Å². The molecule has 1 heterocycles. The van der Waals surface area contributed by atoms with Crippen molar-refractivity contribution in [2.24, 2.45) is 0 Å². The van der Waals surface area contributed by atoms with Gasteiger partial charge in [0.15, 0.2) is 6.29 Å². The number of aliphatic hydroxyl groups is 2. The van der Waals surface area contributed by atoms with Gasteiger partial charge in [0.25, 0.3) is 0 Å². The number of carbonyl (C=O) groups excluding carboxylic acids is 1.